The minimum Gasteiger partial charge on any atom is -0.325 e. The lowest BCUT2D eigenvalue weighted by atomic mass is 10.2. The van der Waals surface area contributed by atoms with Crippen LogP contribution in [-0.2, 0) is 4.79 Å². The van der Waals surface area contributed by atoms with Gasteiger partial charge in [0.1, 0.15) is 6.07 Å². The Bertz CT molecular complexity index is 473. The summed E-state index contributed by atoms with van der Waals surface area (Å²) in [5.74, 6) is 0.590. The first-order valence-electron chi connectivity index (χ1n) is 5.33. The number of carbonyl (C=O) groups excluding carboxylic acids is 1. The van der Waals surface area contributed by atoms with Crippen molar-refractivity contribution in [2.75, 3.05) is 17.3 Å². The number of anilines is 1. The van der Waals surface area contributed by atoms with Gasteiger partial charge in [0.25, 0.3) is 0 Å². The summed E-state index contributed by atoms with van der Waals surface area (Å²) in [5.41, 5.74) is 6.66. The fraction of sp³-hybridized carbons (Fsp3) is 0.333. The Morgan fingerprint density at radius 1 is 1.67 bits per heavy atom. The van der Waals surface area contributed by atoms with Crippen molar-refractivity contribution >= 4 is 35.0 Å². The zero-order valence-corrected chi connectivity index (χ0v) is 11.5. The molecule has 0 spiro atoms. The number of rotatable bonds is 5. The normalized spacial score (nSPS) is 11.7. The molecule has 0 unspecified atom stereocenters. The first-order chi connectivity index (χ1) is 8.58. The second kappa shape index (κ2) is 7.27. The average Bonchev–Trinajstić information content (AvgIpc) is 2.36. The van der Waals surface area contributed by atoms with Gasteiger partial charge in [0.15, 0.2) is 0 Å². The number of hydrogen-bond acceptors (Lipinski definition) is 4. The molecule has 0 aliphatic rings. The number of nitrogens with zero attached hydrogens (tertiary/aromatic N) is 1. The van der Waals surface area contributed by atoms with Crippen molar-refractivity contribution in [3.05, 3.63) is 28.8 Å². The Balaban J connectivity index is 2.65. The highest BCUT2D eigenvalue weighted by atomic mass is 35.5. The maximum absolute atomic E-state index is 11.7. The molecular formula is C12H14ClN3OS. The molecule has 0 aromatic heterocycles. The van der Waals surface area contributed by atoms with Crippen LogP contribution >= 0.6 is 23.4 Å². The molecule has 18 heavy (non-hydrogen) atoms. The minimum absolute atomic E-state index is 0.246. The van der Waals surface area contributed by atoms with Crippen LogP contribution < -0.4 is 11.1 Å². The number of nitriles is 1. The third kappa shape index (κ3) is 4.22. The van der Waals surface area contributed by atoms with Gasteiger partial charge in [0.05, 0.1) is 16.6 Å². The smallest absolute Gasteiger partial charge is 0.241 e. The van der Waals surface area contributed by atoms with Crippen LogP contribution in [0.5, 0.6) is 0 Å². The van der Waals surface area contributed by atoms with E-state index < -0.39 is 6.04 Å². The predicted molar refractivity (Wildman–Crippen MR) is 75.8 cm³/mol. The highest BCUT2D eigenvalue weighted by molar-refractivity contribution is 7.98. The standard InChI is InChI=1S/C12H14ClN3OS/c1-18-5-4-11(15)12(17)16-9-3-2-8(7-14)10(13)6-9/h2-3,6,11H,4-5,15H2,1H3,(H,16,17)/t11-/m1/s1. The maximum atomic E-state index is 11.7. The van der Waals surface area contributed by atoms with Crippen molar-refractivity contribution in [2.24, 2.45) is 5.73 Å². The van der Waals surface area contributed by atoms with Crippen LogP contribution in [0.2, 0.25) is 5.02 Å². The van der Waals surface area contributed by atoms with Gasteiger partial charge in [-0.05, 0) is 36.6 Å². The molecule has 0 heterocycles. The van der Waals surface area contributed by atoms with Crippen LogP contribution in [0.4, 0.5) is 5.69 Å². The first kappa shape index (κ1) is 14.8. The van der Waals surface area contributed by atoms with E-state index in [1.807, 2.05) is 12.3 Å². The van der Waals surface area contributed by atoms with Crippen molar-refractivity contribution in [1.29, 1.82) is 5.26 Å². The van der Waals surface area contributed by atoms with Crippen molar-refractivity contribution < 1.29 is 4.79 Å². The molecule has 1 aromatic rings. The van der Waals surface area contributed by atoms with E-state index in [2.05, 4.69) is 5.32 Å². The van der Waals surface area contributed by atoms with Crippen LogP contribution in [0.15, 0.2) is 18.2 Å². The van der Waals surface area contributed by atoms with E-state index in [9.17, 15) is 4.79 Å². The number of benzene rings is 1. The molecule has 0 aliphatic heterocycles. The molecule has 1 rings (SSSR count). The van der Waals surface area contributed by atoms with Crippen LogP contribution in [0.1, 0.15) is 12.0 Å². The molecule has 0 saturated carbocycles. The minimum atomic E-state index is -0.535. The molecule has 96 valence electrons. The third-order valence-corrected chi connectivity index (χ3v) is 3.28. The van der Waals surface area contributed by atoms with Gasteiger partial charge in [-0.2, -0.15) is 17.0 Å². The number of nitrogens with one attached hydrogen (secondary N) is 1. The highest BCUT2D eigenvalue weighted by Gasteiger charge is 2.13. The zero-order valence-electron chi connectivity index (χ0n) is 9.94. The Morgan fingerprint density at radius 2 is 2.39 bits per heavy atom. The molecule has 6 heteroatoms. The fourth-order valence-corrected chi connectivity index (χ4v) is 2.01. The topological polar surface area (TPSA) is 78.9 Å². The molecule has 1 aromatic carbocycles. The monoisotopic (exact) mass is 283 g/mol. The van der Waals surface area contributed by atoms with E-state index in [0.717, 1.165) is 5.75 Å². The summed E-state index contributed by atoms with van der Waals surface area (Å²) in [6, 6.07) is 6.15. The Kier molecular flexibility index (Phi) is 5.99. The number of carbonyl (C=O) groups is 1. The van der Waals surface area contributed by atoms with Gasteiger partial charge in [-0.25, -0.2) is 0 Å². The lowest BCUT2D eigenvalue weighted by molar-refractivity contribution is -0.117. The van der Waals surface area contributed by atoms with Gasteiger partial charge in [0, 0.05) is 5.69 Å². The predicted octanol–water partition coefficient (Wildman–Crippen LogP) is 2.23. The summed E-state index contributed by atoms with van der Waals surface area (Å²) >= 11 is 7.51. The van der Waals surface area contributed by atoms with Crippen LogP contribution in [0.3, 0.4) is 0 Å². The zero-order chi connectivity index (χ0) is 13.5. The van der Waals surface area contributed by atoms with Crippen LogP contribution in [0, 0.1) is 11.3 Å². The van der Waals surface area contributed by atoms with E-state index in [1.165, 1.54) is 0 Å². The summed E-state index contributed by atoms with van der Waals surface area (Å²) in [4.78, 5) is 11.7. The van der Waals surface area contributed by atoms with E-state index in [1.54, 1.807) is 30.0 Å². The molecule has 4 nitrogen and oxygen atoms in total. The second-order valence-electron chi connectivity index (χ2n) is 3.68. The number of amides is 1. The largest absolute Gasteiger partial charge is 0.325 e. The summed E-state index contributed by atoms with van der Waals surface area (Å²) in [6.07, 6.45) is 2.59. The van der Waals surface area contributed by atoms with E-state index >= 15 is 0 Å². The molecule has 0 fully saturated rings. The van der Waals surface area contributed by atoms with Gasteiger partial charge >= 0.3 is 0 Å². The molecular weight excluding hydrogens is 270 g/mol. The molecule has 3 N–H and O–H groups in total. The first-order valence-corrected chi connectivity index (χ1v) is 7.10. The second-order valence-corrected chi connectivity index (χ2v) is 5.08. The molecule has 1 atom stereocenters. The highest BCUT2D eigenvalue weighted by Crippen LogP contribution is 2.20. The van der Waals surface area contributed by atoms with Crippen LogP contribution in [0.25, 0.3) is 0 Å². The summed E-state index contributed by atoms with van der Waals surface area (Å²) < 4.78 is 0. The van der Waals surface area contributed by atoms with Crippen LogP contribution in [-0.4, -0.2) is 24.0 Å². The van der Waals surface area contributed by atoms with E-state index in [0.29, 0.717) is 22.7 Å². The van der Waals surface area contributed by atoms with Gasteiger partial charge < -0.3 is 11.1 Å². The quantitative estimate of drug-likeness (QED) is 0.868. The molecule has 1 amide bonds. The van der Waals surface area contributed by atoms with Gasteiger partial charge in [-0.3, -0.25) is 4.79 Å². The Labute approximate surface area is 115 Å². The number of hydrogen-bond donors (Lipinski definition) is 2. The SMILES string of the molecule is CSCC[C@@H](N)C(=O)Nc1ccc(C#N)c(Cl)c1. The van der Waals surface area contributed by atoms with Crippen molar-refractivity contribution in [3.63, 3.8) is 0 Å². The number of thioether (sulfide) groups is 1. The maximum Gasteiger partial charge on any atom is 0.241 e. The third-order valence-electron chi connectivity index (χ3n) is 2.33. The van der Waals surface area contributed by atoms with Crippen molar-refractivity contribution in [2.45, 2.75) is 12.5 Å². The number of halogens is 1. The van der Waals surface area contributed by atoms with Crippen molar-refractivity contribution in [1.82, 2.24) is 0 Å². The van der Waals surface area contributed by atoms with Gasteiger partial charge in [0.2, 0.25) is 5.91 Å². The average molecular weight is 284 g/mol. The molecule has 0 aliphatic carbocycles. The van der Waals surface area contributed by atoms with E-state index in [-0.39, 0.29) is 5.91 Å². The van der Waals surface area contributed by atoms with Gasteiger partial charge in [-0.1, -0.05) is 11.6 Å². The molecule has 0 bridgehead atoms. The van der Waals surface area contributed by atoms with E-state index in [4.69, 9.17) is 22.6 Å². The Morgan fingerprint density at radius 3 is 2.94 bits per heavy atom. The lowest BCUT2D eigenvalue weighted by Crippen LogP contribution is -2.36. The summed E-state index contributed by atoms with van der Waals surface area (Å²) in [5, 5.41) is 11.7. The summed E-state index contributed by atoms with van der Waals surface area (Å²) in [7, 11) is 0. The fourth-order valence-electron chi connectivity index (χ4n) is 1.29. The Hall–Kier alpha value is -1.22. The molecule has 0 saturated heterocycles. The van der Waals surface area contributed by atoms with Gasteiger partial charge in [-0.15, -0.1) is 0 Å². The summed E-state index contributed by atoms with van der Waals surface area (Å²) in [6.45, 7) is 0. The number of nitrogens with two attached hydrogens (primary N) is 1. The molecule has 0 radical (unpaired) electrons. The lowest BCUT2D eigenvalue weighted by Gasteiger charge is -2.11. The van der Waals surface area contributed by atoms with Crippen molar-refractivity contribution in [3.8, 4) is 6.07 Å².